The van der Waals surface area contributed by atoms with E-state index in [0.29, 0.717) is 0 Å². The van der Waals surface area contributed by atoms with Gasteiger partial charge in [-0.1, -0.05) is 0 Å². The third kappa shape index (κ3) is 5.14. The van der Waals surface area contributed by atoms with Gasteiger partial charge in [-0.15, -0.1) is 0 Å². The molecule has 0 N–H and O–H groups in total. The van der Waals surface area contributed by atoms with Gasteiger partial charge in [0.2, 0.25) is 6.33 Å². The topological polar surface area (TPSA) is 25.9 Å². The normalized spacial score (nSPS) is 7.91. The van der Waals surface area contributed by atoms with Crippen LogP contribution in [0.2, 0.25) is 0 Å². The number of halogens is 1. The van der Waals surface area contributed by atoms with Crippen LogP contribution >= 0.6 is 10.0 Å². The molecular formula is C6H11AlClN2O+. The number of aryl methyl sites for hydroxylation is 2. The van der Waals surface area contributed by atoms with E-state index in [9.17, 15) is 0 Å². The molecule has 5 heteroatoms. The Kier molecular flexibility index (Phi) is 6.44. The molecular weight excluding hydrogens is 179 g/mol. The van der Waals surface area contributed by atoms with Gasteiger partial charge in [0.1, 0.15) is 12.4 Å². The molecule has 1 heterocycles. The molecule has 0 radical (unpaired) electrons. The summed E-state index contributed by atoms with van der Waals surface area (Å²) < 4.78 is 12.9. The van der Waals surface area contributed by atoms with E-state index in [1.165, 1.54) is 0 Å². The van der Waals surface area contributed by atoms with Crippen molar-refractivity contribution < 1.29 is 8.37 Å². The standard InChI is InChI=1S/C6H11N2.Al.ClH.O/c1-3-8-5-4-7(2)6-8;;;/h4-6H,3H2,1-2H3;;1H;/q2*+1;;/p-1. The van der Waals surface area contributed by atoms with E-state index in [1.807, 2.05) is 17.8 Å². The van der Waals surface area contributed by atoms with Crippen LogP contribution in [0.3, 0.4) is 0 Å². The Morgan fingerprint density at radius 2 is 2.27 bits per heavy atom. The summed E-state index contributed by atoms with van der Waals surface area (Å²) in [4.78, 5) is 0. The van der Waals surface area contributed by atoms with E-state index in [0.717, 1.165) is 6.54 Å². The second-order valence-corrected chi connectivity index (χ2v) is 2.71. The van der Waals surface area contributed by atoms with Crippen molar-refractivity contribution in [2.24, 2.45) is 7.05 Å². The van der Waals surface area contributed by atoms with E-state index in [2.05, 4.69) is 34.1 Å². The first kappa shape index (κ1) is 10.8. The molecule has 0 aliphatic rings. The van der Waals surface area contributed by atoms with Crippen LogP contribution in [0.5, 0.6) is 0 Å². The minimum atomic E-state index is -1.03. The molecule has 0 aliphatic heterocycles. The summed E-state index contributed by atoms with van der Waals surface area (Å²) in [5.41, 5.74) is 0. The predicted molar refractivity (Wildman–Crippen MR) is 43.6 cm³/mol. The second-order valence-electron chi connectivity index (χ2n) is 2.00. The van der Waals surface area contributed by atoms with E-state index in [4.69, 9.17) is 3.80 Å². The van der Waals surface area contributed by atoms with Crippen molar-refractivity contribution in [2.75, 3.05) is 0 Å². The van der Waals surface area contributed by atoms with Gasteiger partial charge in [0.15, 0.2) is 0 Å². The zero-order valence-electron chi connectivity index (χ0n) is 6.70. The van der Waals surface area contributed by atoms with E-state index in [1.54, 1.807) is 0 Å². The van der Waals surface area contributed by atoms with Gasteiger partial charge in [0, 0.05) is 0 Å². The Morgan fingerprint density at radius 1 is 1.73 bits per heavy atom. The third-order valence-electron chi connectivity index (χ3n) is 1.19. The summed E-state index contributed by atoms with van der Waals surface area (Å²) in [5.74, 6) is 0. The molecule has 60 valence electrons. The maximum atomic E-state index is 8.78. The first-order valence-corrected chi connectivity index (χ1v) is 5.51. The molecule has 0 atom stereocenters. The second kappa shape index (κ2) is 6.54. The summed E-state index contributed by atoms with van der Waals surface area (Å²) in [5, 5.41) is 0. The van der Waals surface area contributed by atoms with Gasteiger partial charge >= 0.3 is 28.1 Å². The van der Waals surface area contributed by atoms with E-state index < -0.39 is 14.2 Å². The van der Waals surface area contributed by atoms with Gasteiger partial charge in [0.25, 0.3) is 0 Å². The molecule has 0 spiro atoms. The van der Waals surface area contributed by atoms with E-state index >= 15 is 0 Å². The quantitative estimate of drug-likeness (QED) is 0.467. The van der Waals surface area contributed by atoms with Crippen molar-refractivity contribution in [3.63, 3.8) is 0 Å². The number of aromatic nitrogens is 2. The van der Waals surface area contributed by atoms with Crippen LogP contribution < -0.4 is 4.57 Å². The third-order valence-corrected chi connectivity index (χ3v) is 1.19. The fraction of sp³-hybridized carbons (Fsp3) is 0.500. The fourth-order valence-electron chi connectivity index (χ4n) is 0.689. The summed E-state index contributed by atoms with van der Waals surface area (Å²) in [6.07, 6.45) is 6.14. The molecule has 0 saturated carbocycles. The molecule has 0 amide bonds. The first-order chi connectivity index (χ1) is 5.24. The van der Waals surface area contributed by atoms with Crippen molar-refractivity contribution in [3.05, 3.63) is 18.7 Å². The van der Waals surface area contributed by atoms with Crippen LogP contribution in [-0.4, -0.2) is 18.8 Å². The zero-order chi connectivity index (χ0) is 8.69. The van der Waals surface area contributed by atoms with Crippen molar-refractivity contribution >= 4 is 24.3 Å². The van der Waals surface area contributed by atoms with Crippen LogP contribution in [0.1, 0.15) is 6.92 Å². The molecule has 1 rings (SSSR count). The van der Waals surface area contributed by atoms with Crippen molar-refractivity contribution in [1.82, 2.24) is 4.57 Å². The predicted octanol–water partition coefficient (Wildman–Crippen LogP) is 0.522. The van der Waals surface area contributed by atoms with Crippen molar-refractivity contribution in [3.8, 4) is 0 Å². The molecule has 0 aromatic carbocycles. The molecule has 3 nitrogen and oxygen atoms in total. The van der Waals surface area contributed by atoms with Gasteiger partial charge in [-0.25, -0.2) is 9.13 Å². The zero-order valence-corrected chi connectivity index (χ0v) is 8.61. The van der Waals surface area contributed by atoms with Crippen LogP contribution in [0.25, 0.3) is 0 Å². The number of imidazole rings is 1. The molecule has 0 unspecified atom stereocenters. The summed E-state index contributed by atoms with van der Waals surface area (Å²) in [6.45, 7) is 3.18. The maximum absolute atomic E-state index is 8.78. The molecule has 0 saturated heterocycles. The fourth-order valence-corrected chi connectivity index (χ4v) is 0.689. The molecule has 0 bridgehead atoms. The van der Waals surface area contributed by atoms with Crippen molar-refractivity contribution in [1.29, 1.82) is 0 Å². The Bertz CT molecular complexity index is 214. The Morgan fingerprint density at radius 3 is 2.45 bits per heavy atom. The van der Waals surface area contributed by atoms with Crippen LogP contribution in [0.15, 0.2) is 18.7 Å². The van der Waals surface area contributed by atoms with Gasteiger partial charge in [0.05, 0.1) is 13.6 Å². The Hall–Kier alpha value is -0.168. The number of hydrogen-bond donors (Lipinski definition) is 0. The van der Waals surface area contributed by atoms with Gasteiger partial charge in [-0.05, 0) is 6.92 Å². The van der Waals surface area contributed by atoms with Crippen LogP contribution in [0.4, 0.5) is 0 Å². The van der Waals surface area contributed by atoms with Crippen LogP contribution in [0, 0.1) is 0 Å². The van der Waals surface area contributed by atoms with E-state index in [-0.39, 0.29) is 0 Å². The molecule has 1 aromatic rings. The first-order valence-electron chi connectivity index (χ1n) is 3.29. The Labute approximate surface area is 76.7 Å². The summed E-state index contributed by atoms with van der Waals surface area (Å²) in [7, 11) is 6.55. The summed E-state index contributed by atoms with van der Waals surface area (Å²) >= 11 is -1.03. The monoisotopic (exact) mass is 189 g/mol. The SMILES string of the molecule is CCn1cc[n+](C)c1.[O]=[Al][Cl]. The summed E-state index contributed by atoms with van der Waals surface area (Å²) in [6, 6.07) is 0. The minimum absolute atomic E-state index is 1.03. The molecule has 1 aromatic heterocycles. The van der Waals surface area contributed by atoms with Gasteiger partial charge < -0.3 is 0 Å². The number of nitrogens with zero attached hydrogens (tertiary/aromatic N) is 2. The van der Waals surface area contributed by atoms with Crippen molar-refractivity contribution in [2.45, 2.75) is 13.5 Å². The number of hydrogen-bond acceptors (Lipinski definition) is 1. The molecule has 0 aliphatic carbocycles. The molecule has 0 fully saturated rings. The van der Waals surface area contributed by atoms with Gasteiger partial charge in [-0.2, -0.15) is 0 Å². The number of rotatable bonds is 1. The van der Waals surface area contributed by atoms with Gasteiger partial charge in [-0.3, -0.25) is 0 Å². The average Bonchev–Trinajstić information content (AvgIpc) is 2.37. The molecule has 11 heavy (non-hydrogen) atoms. The van der Waals surface area contributed by atoms with Crippen LogP contribution in [-0.2, 0) is 17.4 Å². The average molecular weight is 190 g/mol. The Balaban J connectivity index is 0.000000292.